The smallest absolute Gasteiger partial charge is 0.276 e. The maximum atomic E-state index is 12.8. The van der Waals surface area contributed by atoms with Crippen molar-refractivity contribution in [1.29, 1.82) is 0 Å². The fourth-order valence-electron chi connectivity index (χ4n) is 3.83. The predicted molar refractivity (Wildman–Crippen MR) is 168 cm³/mol. The number of ether oxygens (including phenoxy) is 2. The first kappa shape index (κ1) is 31.0. The maximum absolute atomic E-state index is 12.8. The number of rotatable bonds is 8. The summed E-state index contributed by atoms with van der Waals surface area (Å²) < 4.78 is 14.2. The number of halogens is 3. The number of benzene rings is 3. The van der Waals surface area contributed by atoms with Crippen molar-refractivity contribution in [2.45, 2.75) is 33.6 Å². The summed E-state index contributed by atoms with van der Waals surface area (Å²) >= 11 is 15.7. The van der Waals surface area contributed by atoms with Crippen LogP contribution < -0.4 is 20.6 Å². The van der Waals surface area contributed by atoms with Gasteiger partial charge in [0.25, 0.3) is 11.1 Å². The Bertz CT molecular complexity index is 1740. The molecule has 0 unspecified atom stereocenters. The van der Waals surface area contributed by atoms with Crippen molar-refractivity contribution in [2.24, 2.45) is 0 Å². The third kappa shape index (κ3) is 7.88. The standard InChI is InChI=1S/C18H13BrCl2N2O2.C13H14N2O2/c1-11-22-17(25-10-12-6-3-2-4-7-12)15(19)18(24)23(11)16-13(20)8-5-9-14(16)21;1-2-15-10-14-12(8-13(15)16)17-9-11-6-4-3-5-7-11/h2-9H,10H2,1H3;3-8,10H,2,9H2,1H3. The lowest BCUT2D eigenvalue weighted by atomic mass is 10.2. The van der Waals surface area contributed by atoms with Gasteiger partial charge in [-0.15, -0.1) is 0 Å². The lowest BCUT2D eigenvalue weighted by molar-refractivity contribution is 0.289. The van der Waals surface area contributed by atoms with Crippen LogP contribution in [0.2, 0.25) is 10.0 Å². The monoisotopic (exact) mass is 668 g/mol. The Morgan fingerprint density at radius 3 is 1.95 bits per heavy atom. The number of nitrogens with zero attached hydrogens (tertiary/aromatic N) is 4. The second-order valence-electron chi connectivity index (χ2n) is 8.89. The SMILES string of the molecule is CCn1cnc(OCc2ccccc2)cc1=O.Cc1nc(OCc2ccccc2)c(Br)c(=O)n1-c1c(Cl)cccc1Cl. The van der Waals surface area contributed by atoms with Crippen molar-refractivity contribution in [1.82, 2.24) is 19.1 Å². The van der Waals surface area contributed by atoms with Crippen molar-refractivity contribution < 1.29 is 9.47 Å². The van der Waals surface area contributed by atoms with Gasteiger partial charge in [-0.25, -0.2) is 4.98 Å². The molecule has 0 saturated heterocycles. The van der Waals surface area contributed by atoms with Crippen molar-refractivity contribution >= 4 is 39.1 Å². The van der Waals surface area contributed by atoms with Crippen LogP contribution in [0.5, 0.6) is 11.8 Å². The zero-order valence-corrected chi connectivity index (χ0v) is 25.9. The van der Waals surface area contributed by atoms with Crippen LogP contribution >= 0.6 is 39.1 Å². The number of para-hydroxylation sites is 1. The Morgan fingerprint density at radius 2 is 1.40 bits per heavy atom. The Balaban J connectivity index is 0.000000208. The van der Waals surface area contributed by atoms with Crippen LogP contribution in [0.25, 0.3) is 5.69 Å². The lowest BCUT2D eigenvalue weighted by Gasteiger charge is -2.15. The van der Waals surface area contributed by atoms with Gasteiger partial charge in [-0.05, 0) is 53.0 Å². The number of aromatic nitrogens is 4. The van der Waals surface area contributed by atoms with E-state index in [2.05, 4.69) is 25.9 Å². The molecule has 0 spiro atoms. The molecule has 0 N–H and O–H groups in total. The van der Waals surface area contributed by atoms with Gasteiger partial charge in [-0.1, -0.05) is 89.9 Å². The van der Waals surface area contributed by atoms with E-state index in [0.717, 1.165) is 11.1 Å². The van der Waals surface area contributed by atoms with E-state index in [9.17, 15) is 9.59 Å². The Kier molecular flexibility index (Phi) is 10.9. The second-order valence-corrected chi connectivity index (χ2v) is 10.5. The molecule has 0 atom stereocenters. The van der Waals surface area contributed by atoms with Crippen LogP contribution in [0.4, 0.5) is 0 Å². The van der Waals surface area contributed by atoms with Gasteiger partial charge in [-0.2, -0.15) is 4.98 Å². The van der Waals surface area contributed by atoms with Gasteiger partial charge in [0.15, 0.2) is 0 Å². The molecule has 11 heteroatoms. The van der Waals surface area contributed by atoms with Gasteiger partial charge >= 0.3 is 0 Å². The van der Waals surface area contributed by atoms with E-state index in [4.69, 9.17) is 32.7 Å². The summed E-state index contributed by atoms with van der Waals surface area (Å²) in [5.41, 5.74) is 1.99. The summed E-state index contributed by atoms with van der Waals surface area (Å²) in [6.07, 6.45) is 1.50. The molecule has 0 saturated carbocycles. The topological polar surface area (TPSA) is 88.2 Å². The Hall–Kier alpha value is -3.92. The lowest BCUT2D eigenvalue weighted by Crippen LogP contribution is -2.24. The fourth-order valence-corrected chi connectivity index (χ4v) is 4.77. The minimum atomic E-state index is -0.342. The first-order chi connectivity index (χ1) is 20.3. The highest BCUT2D eigenvalue weighted by atomic mass is 79.9. The molecule has 0 amide bonds. The zero-order valence-electron chi connectivity index (χ0n) is 22.8. The van der Waals surface area contributed by atoms with Gasteiger partial charge in [0, 0.05) is 6.54 Å². The fraction of sp³-hybridized carbons (Fsp3) is 0.161. The second kappa shape index (κ2) is 14.8. The van der Waals surface area contributed by atoms with E-state index in [1.54, 1.807) is 25.1 Å². The summed E-state index contributed by atoms with van der Waals surface area (Å²) in [6.45, 7) is 4.94. The number of hydrogen-bond donors (Lipinski definition) is 0. The van der Waals surface area contributed by atoms with Crippen molar-refractivity contribution in [3.63, 3.8) is 0 Å². The van der Waals surface area contributed by atoms with Crippen molar-refractivity contribution in [2.75, 3.05) is 0 Å². The Labute approximate surface area is 261 Å². The van der Waals surface area contributed by atoms with Gasteiger partial charge in [0.1, 0.15) is 29.8 Å². The molecule has 216 valence electrons. The quantitative estimate of drug-likeness (QED) is 0.176. The Morgan fingerprint density at radius 1 is 0.833 bits per heavy atom. The van der Waals surface area contributed by atoms with Crippen molar-refractivity contribution in [3.05, 3.63) is 143 Å². The third-order valence-corrected chi connectivity index (χ3v) is 7.26. The highest BCUT2D eigenvalue weighted by molar-refractivity contribution is 9.10. The molecule has 0 bridgehead atoms. The van der Waals surface area contributed by atoms with E-state index in [0.29, 0.717) is 47.2 Å². The minimum Gasteiger partial charge on any atom is -0.473 e. The van der Waals surface area contributed by atoms with E-state index >= 15 is 0 Å². The summed E-state index contributed by atoms with van der Waals surface area (Å²) in [5, 5.41) is 0.730. The summed E-state index contributed by atoms with van der Waals surface area (Å²) in [5.74, 6) is 1.01. The van der Waals surface area contributed by atoms with Crippen LogP contribution in [-0.2, 0) is 19.8 Å². The average molecular weight is 670 g/mol. The van der Waals surface area contributed by atoms with Crippen molar-refractivity contribution in [3.8, 4) is 17.4 Å². The van der Waals surface area contributed by atoms with Crippen LogP contribution in [0.1, 0.15) is 23.9 Å². The largest absolute Gasteiger partial charge is 0.473 e. The number of hydrogen-bond acceptors (Lipinski definition) is 6. The van der Waals surface area contributed by atoms with Crippen LogP contribution in [0, 0.1) is 6.92 Å². The van der Waals surface area contributed by atoms with Crippen LogP contribution in [0.15, 0.2) is 105 Å². The molecule has 2 aromatic heterocycles. The molecule has 0 fully saturated rings. The highest BCUT2D eigenvalue weighted by Gasteiger charge is 2.18. The molecule has 42 heavy (non-hydrogen) atoms. The molecule has 2 heterocycles. The molecular formula is C31H27BrCl2N4O4. The molecule has 3 aromatic carbocycles. The first-order valence-electron chi connectivity index (χ1n) is 12.9. The van der Waals surface area contributed by atoms with Crippen LogP contribution in [-0.4, -0.2) is 19.1 Å². The molecule has 5 aromatic rings. The molecular weight excluding hydrogens is 643 g/mol. The summed E-state index contributed by atoms with van der Waals surface area (Å²) in [6, 6.07) is 25.9. The molecule has 8 nitrogen and oxygen atoms in total. The first-order valence-corrected chi connectivity index (χ1v) is 14.5. The number of aryl methyl sites for hydroxylation is 2. The third-order valence-electron chi connectivity index (χ3n) is 5.97. The van der Waals surface area contributed by atoms with Gasteiger partial charge in [-0.3, -0.25) is 18.7 Å². The summed E-state index contributed by atoms with van der Waals surface area (Å²) in [7, 11) is 0. The molecule has 0 radical (unpaired) electrons. The zero-order chi connectivity index (χ0) is 30.1. The van der Waals surface area contributed by atoms with Crippen LogP contribution in [0.3, 0.4) is 0 Å². The normalized spacial score (nSPS) is 10.5. The van der Waals surface area contributed by atoms with Gasteiger partial charge < -0.3 is 9.47 Å². The van der Waals surface area contributed by atoms with E-state index in [1.807, 2.05) is 67.6 Å². The predicted octanol–water partition coefficient (Wildman–Crippen LogP) is 7.03. The molecule has 5 rings (SSSR count). The average Bonchev–Trinajstić information content (AvgIpc) is 3.00. The summed E-state index contributed by atoms with van der Waals surface area (Å²) in [4.78, 5) is 32.8. The molecule has 0 aliphatic heterocycles. The maximum Gasteiger partial charge on any atom is 0.276 e. The van der Waals surface area contributed by atoms with E-state index < -0.39 is 0 Å². The van der Waals surface area contributed by atoms with E-state index in [-0.39, 0.29) is 21.5 Å². The minimum absolute atomic E-state index is 0.0921. The van der Waals surface area contributed by atoms with Gasteiger partial charge in [0.2, 0.25) is 11.8 Å². The molecule has 0 aliphatic carbocycles. The highest BCUT2D eigenvalue weighted by Crippen LogP contribution is 2.30. The molecule has 0 aliphatic rings. The van der Waals surface area contributed by atoms with E-state index in [1.165, 1.54) is 21.5 Å². The van der Waals surface area contributed by atoms with Gasteiger partial charge in [0.05, 0.1) is 21.8 Å².